The fraction of sp³-hybridized carbons (Fsp3) is 0.161. The second kappa shape index (κ2) is 14.4. The largest absolute Gasteiger partial charge is 0.478 e. The summed E-state index contributed by atoms with van der Waals surface area (Å²) < 4.78 is 0. The van der Waals surface area contributed by atoms with Gasteiger partial charge in [-0.1, -0.05) is 82.8 Å². The molecule has 3 aromatic carbocycles. The maximum Gasteiger partial charge on any atom is 0.338 e. The van der Waals surface area contributed by atoms with Gasteiger partial charge in [-0.25, -0.2) is 4.79 Å². The van der Waals surface area contributed by atoms with E-state index in [1.807, 2.05) is 18.2 Å². The van der Waals surface area contributed by atoms with Crippen LogP contribution in [-0.4, -0.2) is 40.1 Å². The number of thiophene rings is 1. The number of carbonyl (C=O) groups excluding carboxylic acids is 2. The van der Waals surface area contributed by atoms with E-state index in [0.717, 1.165) is 30.0 Å². The van der Waals surface area contributed by atoms with Crippen LogP contribution in [0, 0.1) is 11.3 Å². The molecular weight excluding hydrogens is 698 g/mol. The fourth-order valence-corrected chi connectivity index (χ4v) is 7.88. The highest BCUT2D eigenvalue weighted by atomic mass is 35.5. The standard InChI is InChI=1S/C31H22Cl4N4O4S2/c32-25-23(24(31(42)43)26(33)28(35)27(25)34)29(41)37-17-7-4-8-18(11-17)44-15-22(40)38-30-20(12-36)19-9-10-39(14-21(19)45-30)13-16-5-2-1-3-6-16/h1-8,11H,9-10,13-15H2,(H,37,41)(H,38,40)(H,42,43). The Labute approximate surface area is 286 Å². The molecule has 0 saturated heterocycles. The van der Waals surface area contributed by atoms with E-state index in [2.05, 4.69) is 33.7 Å². The van der Waals surface area contributed by atoms with Crippen molar-refractivity contribution in [2.24, 2.45) is 0 Å². The number of aromatic carboxylic acids is 1. The minimum absolute atomic E-state index is 0.0440. The number of rotatable bonds is 9. The number of thioether (sulfide) groups is 1. The first kappa shape index (κ1) is 33.1. The maximum absolute atomic E-state index is 13.1. The van der Waals surface area contributed by atoms with Crippen molar-refractivity contribution in [3.05, 3.63) is 107 Å². The van der Waals surface area contributed by atoms with Gasteiger partial charge in [0.05, 0.1) is 42.5 Å². The van der Waals surface area contributed by atoms with Crippen LogP contribution in [-0.2, 0) is 24.3 Å². The summed E-state index contributed by atoms with van der Waals surface area (Å²) in [7, 11) is 0. The molecule has 0 radical (unpaired) electrons. The van der Waals surface area contributed by atoms with Crippen molar-refractivity contribution in [1.29, 1.82) is 5.26 Å². The molecule has 0 unspecified atom stereocenters. The highest BCUT2D eigenvalue weighted by Crippen LogP contribution is 2.42. The van der Waals surface area contributed by atoms with Gasteiger partial charge in [0.2, 0.25) is 5.91 Å². The zero-order valence-corrected chi connectivity index (χ0v) is 27.8. The van der Waals surface area contributed by atoms with Crippen LogP contribution in [0.3, 0.4) is 0 Å². The highest BCUT2D eigenvalue weighted by molar-refractivity contribution is 8.00. The van der Waals surface area contributed by atoms with Gasteiger partial charge in [-0.15, -0.1) is 23.1 Å². The Hall–Kier alpha value is -3.27. The normalized spacial score (nSPS) is 12.7. The number of nitrogens with one attached hydrogen (secondary N) is 2. The SMILES string of the molecule is N#Cc1c(NC(=O)CSc2cccc(NC(=O)c3c(Cl)c(Cl)c(Cl)c(Cl)c3C(=O)O)c2)sc2c1CCN(Cc1ccccc1)C2. The number of carbonyl (C=O) groups is 3. The van der Waals surface area contributed by atoms with E-state index in [0.29, 0.717) is 27.7 Å². The lowest BCUT2D eigenvalue weighted by Crippen LogP contribution is -2.29. The summed E-state index contributed by atoms with van der Waals surface area (Å²) in [6.07, 6.45) is 0.734. The maximum atomic E-state index is 13.1. The van der Waals surface area contributed by atoms with E-state index < -0.39 is 28.0 Å². The van der Waals surface area contributed by atoms with Crippen molar-refractivity contribution in [2.75, 3.05) is 22.9 Å². The van der Waals surface area contributed by atoms with Gasteiger partial charge in [0.25, 0.3) is 5.91 Å². The Morgan fingerprint density at radius 2 is 1.67 bits per heavy atom. The number of anilines is 2. The lowest BCUT2D eigenvalue weighted by molar-refractivity contribution is -0.113. The van der Waals surface area contributed by atoms with E-state index in [-0.39, 0.29) is 26.7 Å². The number of nitrogens with zero attached hydrogens (tertiary/aromatic N) is 2. The van der Waals surface area contributed by atoms with Crippen molar-refractivity contribution in [3.63, 3.8) is 0 Å². The van der Waals surface area contributed by atoms with Crippen LogP contribution >= 0.6 is 69.5 Å². The van der Waals surface area contributed by atoms with Gasteiger partial charge in [0.1, 0.15) is 11.1 Å². The number of halogens is 4. The van der Waals surface area contributed by atoms with Crippen LogP contribution in [0.2, 0.25) is 20.1 Å². The molecule has 0 spiro atoms. The van der Waals surface area contributed by atoms with Gasteiger partial charge < -0.3 is 15.7 Å². The predicted molar refractivity (Wildman–Crippen MR) is 180 cm³/mol. The molecule has 45 heavy (non-hydrogen) atoms. The summed E-state index contributed by atoms with van der Waals surface area (Å²) in [5.41, 5.74) is 2.03. The minimum Gasteiger partial charge on any atom is -0.478 e. The third kappa shape index (κ3) is 7.42. The molecule has 230 valence electrons. The zero-order chi connectivity index (χ0) is 32.2. The van der Waals surface area contributed by atoms with Crippen molar-refractivity contribution < 1.29 is 19.5 Å². The number of benzene rings is 3. The first-order valence-corrected chi connectivity index (χ1v) is 16.6. The van der Waals surface area contributed by atoms with Crippen molar-refractivity contribution >= 4 is 98.0 Å². The number of hydrogen-bond donors (Lipinski definition) is 3. The third-order valence-electron chi connectivity index (χ3n) is 6.92. The van der Waals surface area contributed by atoms with E-state index in [1.165, 1.54) is 28.7 Å². The molecule has 8 nitrogen and oxygen atoms in total. The Morgan fingerprint density at radius 1 is 0.956 bits per heavy atom. The average Bonchev–Trinajstić information content (AvgIpc) is 3.36. The fourth-order valence-electron chi connectivity index (χ4n) is 4.85. The molecule has 2 amide bonds. The molecule has 4 aromatic rings. The van der Waals surface area contributed by atoms with Crippen molar-refractivity contribution in [3.8, 4) is 6.07 Å². The van der Waals surface area contributed by atoms with Gasteiger partial charge in [0, 0.05) is 35.1 Å². The summed E-state index contributed by atoms with van der Waals surface area (Å²) in [4.78, 5) is 41.9. The predicted octanol–water partition coefficient (Wildman–Crippen LogP) is 8.47. The topological polar surface area (TPSA) is 123 Å². The van der Waals surface area contributed by atoms with Gasteiger partial charge in [-0.2, -0.15) is 5.26 Å². The lowest BCUT2D eigenvalue weighted by Gasteiger charge is -2.26. The molecule has 1 aliphatic heterocycles. The van der Waals surface area contributed by atoms with Crippen LogP contribution in [0.5, 0.6) is 0 Å². The Kier molecular flexibility index (Phi) is 10.6. The molecule has 0 atom stereocenters. The zero-order valence-electron chi connectivity index (χ0n) is 23.1. The first-order valence-electron chi connectivity index (χ1n) is 13.3. The number of nitriles is 1. The Bertz CT molecular complexity index is 1860. The molecule has 0 fully saturated rings. The van der Waals surface area contributed by atoms with E-state index in [1.54, 1.807) is 24.3 Å². The molecule has 2 heterocycles. The lowest BCUT2D eigenvalue weighted by atomic mass is 10.0. The average molecular weight is 720 g/mol. The molecule has 1 aliphatic rings. The number of carboxylic acids is 1. The molecule has 0 bridgehead atoms. The molecule has 3 N–H and O–H groups in total. The highest BCUT2D eigenvalue weighted by Gasteiger charge is 2.29. The summed E-state index contributed by atoms with van der Waals surface area (Å²) in [6.45, 7) is 2.35. The third-order valence-corrected chi connectivity index (χ3v) is 10.8. The van der Waals surface area contributed by atoms with Crippen LogP contribution in [0.1, 0.15) is 42.3 Å². The molecule has 0 aliphatic carbocycles. The summed E-state index contributed by atoms with van der Waals surface area (Å²) in [5, 5.41) is 24.3. The number of fused-ring (bicyclic) bond motifs is 1. The van der Waals surface area contributed by atoms with Crippen molar-refractivity contribution in [2.45, 2.75) is 24.4 Å². The monoisotopic (exact) mass is 718 g/mol. The van der Waals surface area contributed by atoms with Gasteiger partial charge in [0.15, 0.2) is 0 Å². The molecule has 1 aromatic heterocycles. The van der Waals surface area contributed by atoms with E-state index >= 15 is 0 Å². The first-order chi connectivity index (χ1) is 21.6. The van der Waals surface area contributed by atoms with Crippen LogP contribution < -0.4 is 10.6 Å². The summed E-state index contributed by atoms with van der Waals surface area (Å²) in [5.74, 6) is -2.60. The second-order valence-electron chi connectivity index (χ2n) is 9.90. The quantitative estimate of drug-likeness (QED) is 0.0901. The Balaban J connectivity index is 1.23. The van der Waals surface area contributed by atoms with Crippen LogP contribution in [0.25, 0.3) is 0 Å². The number of hydrogen-bond acceptors (Lipinski definition) is 7. The Morgan fingerprint density at radius 3 is 2.36 bits per heavy atom. The number of carboxylic acid groups (broad SMARTS) is 1. The van der Waals surface area contributed by atoms with Gasteiger partial charge in [-0.05, 0) is 35.7 Å². The molecule has 0 saturated carbocycles. The van der Waals surface area contributed by atoms with Crippen LogP contribution in [0.15, 0.2) is 59.5 Å². The summed E-state index contributed by atoms with van der Waals surface area (Å²) in [6, 6.07) is 19.1. The molecular formula is C31H22Cl4N4O4S2. The summed E-state index contributed by atoms with van der Waals surface area (Å²) >= 11 is 27.0. The van der Waals surface area contributed by atoms with Crippen molar-refractivity contribution in [1.82, 2.24) is 4.90 Å². The minimum atomic E-state index is -1.50. The van der Waals surface area contributed by atoms with E-state index in [4.69, 9.17) is 46.4 Å². The number of amides is 2. The molecule has 14 heteroatoms. The second-order valence-corrected chi connectivity index (χ2v) is 13.6. The van der Waals surface area contributed by atoms with Gasteiger partial charge >= 0.3 is 5.97 Å². The van der Waals surface area contributed by atoms with Gasteiger partial charge in [-0.3, -0.25) is 14.5 Å². The van der Waals surface area contributed by atoms with E-state index in [9.17, 15) is 24.8 Å². The van der Waals surface area contributed by atoms with Crippen LogP contribution in [0.4, 0.5) is 10.7 Å². The molecule has 5 rings (SSSR count). The smallest absolute Gasteiger partial charge is 0.338 e.